The molecular weight excluding hydrogens is 1090 g/mol. The number of allylic oxidation sites excluding steroid dienone is 13. The molecule has 0 aliphatic carbocycles. The van der Waals surface area contributed by atoms with Crippen LogP contribution in [0.15, 0.2) is 205 Å². The number of nitrogens with one attached hydrogen (secondary N) is 1. The highest BCUT2D eigenvalue weighted by molar-refractivity contribution is 5.77. The lowest BCUT2D eigenvalue weighted by molar-refractivity contribution is -0.696. The summed E-state index contributed by atoms with van der Waals surface area (Å²) in [5, 5.41) is 56.4. The standard InChI is InChI=1S/C25H22N4O4.C17H16N2.C10H10N2O2.2HI/c26-18-22(20-6-12-28(13-7-20)16-10-24(30)31)4-2-1-3-5-23(19-27)21-8-14-29(15-9-21)17-11-25(32)33;1-4-10-16(11-5-1)18-14-8-3-9-15-19-17-12-6-2-7-13-17;11-5-1-9-2-6-12(7-3-9)8-4-10(13)14;;/h1-9,12-15H,10-11,16-17H2,(H-,30,31,32,33);1-15,18H;2-3,6-7H,1,4,8H2;2*1H. The third-order valence-electron chi connectivity index (χ3n) is 8.80. The normalized spacial score (nSPS) is 11.6. The van der Waals surface area contributed by atoms with Crippen molar-refractivity contribution >= 4 is 41.1 Å². The highest BCUT2D eigenvalue weighted by Gasteiger charge is 2.08. The maximum absolute atomic E-state index is 10.6. The summed E-state index contributed by atoms with van der Waals surface area (Å²) in [5.74, 6) is -2.55. The summed E-state index contributed by atoms with van der Waals surface area (Å²) in [6.45, 7) is 1.17. The number of halogens is 2. The fourth-order valence-electron chi connectivity index (χ4n) is 5.35. The summed E-state index contributed by atoms with van der Waals surface area (Å²) >= 11 is 0. The average Bonchev–Trinajstić information content (AvgIpc) is 3.33. The van der Waals surface area contributed by atoms with Gasteiger partial charge in [0.1, 0.15) is 12.8 Å². The molecule has 0 spiro atoms. The van der Waals surface area contributed by atoms with Crippen molar-refractivity contribution in [1.82, 2.24) is 4.90 Å². The number of rotatable bonds is 19. The molecule has 16 heteroatoms. The molecule has 0 bridgehead atoms. The van der Waals surface area contributed by atoms with Crippen LogP contribution in [0.4, 0.5) is 11.4 Å². The van der Waals surface area contributed by atoms with E-state index in [1.54, 1.807) is 112 Å². The molecule has 2 aromatic heterocycles. The number of hydrogen-bond acceptors (Lipinski definition) is 9. The van der Waals surface area contributed by atoms with Crippen LogP contribution in [0.2, 0.25) is 0 Å². The van der Waals surface area contributed by atoms with E-state index in [0.29, 0.717) is 48.3 Å². The summed E-state index contributed by atoms with van der Waals surface area (Å²) in [4.78, 5) is 37.6. The van der Waals surface area contributed by atoms with Crippen molar-refractivity contribution in [2.45, 2.75) is 38.8 Å². The van der Waals surface area contributed by atoms with Gasteiger partial charge in [0.05, 0.1) is 47.9 Å². The number of aryl methyl sites for hydroxylation is 2. The van der Waals surface area contributed by atoms with Gasteiger partial charge in [-0.3, -0.25) is 19.4 Å². The van der Waals surface area contributed by atoms with Gasteiger partial charge < -0.3 is 73.5 Å². The Bertz CT molecular complexity index is 2590. The maximum Gasteiger partial charge on any atom is 0.309 e. The highest BCUT2D eigenvalue weighted by atomic mass is 127. The smallest absolute Gasteiger partial charge is 0.309 e. The van der Waals surface area contributed by atoms with Crippen LogP contribution in [0, 0.1) is 34.0 Å². The first kappa shape index (κ1) is 58.3. The molecule has 0 saturated heterocycles. The fourth-order valence-corrected chi connectivity index (χ4v) is 5.35. The Morgan fingerprint density at radius 3 is 1.76 bits per heavy atom. The van der Waals surface area contributed by atoms with Gasteiger partial charge in [0.2, 0.25) is 0 Å². The third kappa shape index (κ3) is 25.7. The topological polar surface area (TPSA) is 219 Å². The number of carbonyl (C=O) groups is 3. The Balaban J connectivity index is 0.000000557. The van der Waals surface area contributed by atoms with Crippen molar-refractivity contribution in [2.24, 2.45) is 4.99 Å². The van der Waals surface area contributed by atoms with Gasteiger partial charge in [-0.15, -0.1) is 0 Å². The minimum Gasteiger partial charge on any atom is -1.00 e. The average molecular weight is 1140 g/mol. The largest absolute Gasteiger partial charge is 1.00 e. The number of aliphatic carboxylic acids is 3. The zero-order valence-electron chi connectivity index (χ0n) is 36.9. The molecular formula is C52H50I2N8O6. The van der Waals surface area contributed by atoms with Crippen molar-refractivity contribution < 1.29 is 86.8 Å². The number of nitrogens with zero attached hydrogens (tertiary/aromatic N) is 7. The second-order valence-corrected chi connectivity index (χ2v) is 13.7. The molecule has 348 valence electrons. The Kier molecular flexibility index (Phi) is 30.4. The number of nitriles is 3. The van der Waals surface area contributed by atoms with Crippen molar-refractivity contribution in [2.75, 3.05) is 11.9 Å². The summed E-state index contributed by atoms with van der Waals surface area (Å²) in [6.07, 6.45) is 32.4. The number of hydrogen-bond donors (Lipinski definition) is 4. The second kappa shape index (κ2) is 35.5. The van der Waals surface area contributed by atoms with Gasteiger partial charge in [0, 0.05) is 66.9 Å². The molecule has 2 aromatic carbocycles. The molecule has 0 saturated carbocycles. The highest BCUT2D eigenvalue weighted by Crippen LogP contribution is 2.16. The van der Waals surface area contributed by atoms with Crippen LogP contribution in [-0.4, -0.2) is 50.9 Å². The van der Waals surface area contributed by atoms with E-state index < -0.39 is 17.9 Å². The lowest BCUT2D eigenvalue weighted by Gasteiger charge is -2.17. The molecule has 4 aromatic rings. The Labute approximate surface area is 430 Å². The van der Waals surface area contributed by atoms with Crippen LogP contribution in [0.3, 0.4) is 0 Å². The summed E-state index contributed by atoms with van der Waals surface area (Å²) in [7, 11) is 0. The molecule has 68 heavy (non-hydrogen) atoms. The zero-order chi connectivity index (χ0) is 47.6. The molecule has 4 N–H and O–H groups in total. The van der Waals surface area contributed by atoms with Crippen LogP contribution < -0.4 is 62.4 Å². The van der Waals surface area contributed by atoms with E-state index in [4.69, 9.17) is 20.6 Å². The van der Waals surface area contributed by atoms with Crippen LogP contribution in [0.1, 0.15) is 30.4 Å². The zero-order valence-corrected chi connectivity index (χ0v) is 41.2. The summed E-state index contributed by atoms with van der Waals surface area (Å²) in [5.41, 5.74) is 5.29. The van der Waals surface area contributed by atoms with Crippen molar-refractivity contribution in [3.05, 3.63) is 211 Å². The monoisotopic (exact) mass is 1140 g/mol. The van der Waals surface area contributed by atoms with Crippen LogP contribution in [-0.2, 0) is 33.9 Å². The molecule has 5 rings (SSSR count). The van der Waals surface area contributed by atoms with E-state index >= 15 is 0 Å². The molecule has 1 aliphatic heterocycles. The predicted molar refractivity (Wildman–Crippen MR) is 252 cm³/mol. The van der Waals surface area contributed by atoms with Gasteiger partial charge in [-0.2, -0.15) is 15.8 Å². The van der Waals surface area contributed by atoms with E-state index in [9.17, 15) is 24.9 Å². The lowest BCUT2D eigenvalue weighted by atomic mass is 10.1. The van der Waals surface area contributed by atoms with Gasteiger partial charge in [-0.1, -0.05) is 60.7 Å². The molecule has 0 radical (unpaired) electrons. The Morgan fingerprint density at radius 1 is 0.662 bits per heavy atom. The van der Waals surface area contributed by atoms with Gasteiger partial charge in [0.15, 0.2) is 37.9 Å². The number of pyridine rings is 2. The predicted octanol–water partition coefficient (Wildman–Crippen LogP) is 2.20. The minimum atomic E-state index is -0.870. The molecule has 0 amide bonds. The van der Waals surface area contributed by atoms with E-state index in [1.165, 1.54) is 0 Å². The van der Waals surface area contributed by atoms with Crippen LogP contribution >= 0.6 is 0 Å². The fraction of sp³-hybridized carbons (Fsp3) is 0.135. The van der Waals surface area contributed by atoms with Gasteiger partial charge >= 0.3 is 17.9 Å². The Hall–Kier alpha value is -7.73. The number of carboxylic acids is 3. The van der Waals surface area contributed by atoms with Gasteiger partial charge in [0.25, 0.3) is 0 Å². The van der Waals surface area contributed by atoms with Crippen LogP contribution in [0.25, 0.3) is 5.57 Å². The van der Waals surface area contributed by atoms with E-state index in [2.05, 4.69) is 28.5 Å². The molecule has 0 fully saturated rings. The first-order valence-electron chi connectivity index (χ1n) is 20.5. The second-order valence-electron chi connectivity index (χ2n) is 13.7. The lowest BCUT2D eigenvalue weighted by Crippen LogP contribution is -3.00. The summed E-state index contributed by atoms with van der Waals surface area (Å²) in [6, 6.07) is 33.4. The van der Waals surface area contributed by atoms with Crippen LogP contribution in [0.5, 0.6) is 0 Å². The first-order chi connectivity index (χ1) is 32.1. The number of para-hydroxylation sites is 2. The molecule has 0 unspecified atom stereocenters. The first-order valence-corrected chi connectivity index (χ1v) is 20.5. The molecule has 0 atom stereocenters. The number of aliphatic imine (C=N–C) groups is 1. The van der Waals surface area contributed by atoms with E-state index in [1.807, 2.05) is 97.2 Å². The third-order valence-corrected chi connectivity index (χ3v) is 8.80. The minimum absolute atomic E-state index is 0. The Morgan fingerprint density at radius 2 is 1.22 bits per heavy atom. The maximum atomic E-state index is 10.6. The molecule has 14 nitrogen and oxygen atoms in total. The number of anilines is 1. The van der Waals surface area contributed by atoms with E-state index in [-0.39, 0.29) is 67.2 Å². The number of benzene rings is 2. The quantitative estimate of drug-likeness (QED) is 0.0351. The SMILES string of the molecule is C(=CC=Nc1ccccc1)C=CNc1ccccc1.N#CC(/C=C/C=C/C=C(\C#N)c1cc[n+](CCC(=O)O)cc1)=C1C=CN(CCC(=O)O)C=C1.N#CCc1cc[n+](CCC(=O)O)cc1.[I-].[I-]. The van der Waals surface area contributed by atoms with Gasteiger partial charge in [-0.05, 0) is 71.9 Å². The summed E-state index contributed by atoms with van der Waals surface area (Å²) < 4.78 is 3.52. The molecule has 1 aliphatic rings. The van der Waals surface area contributed by atoms with Crippen molar-refractivity contribution in [3.63, 3.8) is 0 Å². The van der Waals surface area contributed by atoms with Gasteiger partial charge in [-0.25, -0.2) is 9.13 Å². The molecule has 3 heterocycles. The number of aromatic nitrogens is 2. The van der Waals surface area contributed by atoms with E-state index in [0.717, 1.165) is 16.9 Å². The number of carboxylic acid groups (broad SMARTS) is 3. The van der Waals surface area contributed by atoms with Crippen molar-refractivity contribution in [1.29, 1.82) is 15.8 Å². The van der Waals surface area contributed by atoms with Crippen molar-refractivity contribution in [3.8, 4) is 18.2 Å².